The topological polar surface area (TPSA) is 21.1 Å². The standard InChI is InChI=1S/C21H19N3S/c1-2-6-16(7-3-1)21-17-11-13-25-20(17)10-12-23(21)15-24-14-22-18-8-4-5-9-19(18)24/h1-9,11,13-14,21H,10,12,15H2. The number of rotatable bonds is 3. The first kappa shape index (κ1) is 14.9. The molecule has 1 aliphatic heterocycles. The summed E-state index contributed by atoms with van der Waals surface area (Å²) in [5, 5.41) is 2.23. The van der Waals surface area contributed by atoms with Crippen LogP contribution in [0.25, 0.3) is 11.0 Å². The average Bonchev–Trinajstić information content (AvgIpc) is 3.30. The number of hydrogen-bond acceptors (Lipinski definition) is 3. The number of nitrogens with zero attached hydrogens (tertiary/aromatic N) is 3. The minimum absolute atomic E-state index is 0.317. The minimum atomic E-state index is 0.317. The van der Waals surface area contributed by atoms with E-state index in [2.05, 4.69) is 74.4 Å². The second kappa shape index (κ2) is 6.14. The Morgan fingerprint density at radius 2 is 1.84 bits per heavy atom. The van der Waals surface area contributed by atoms with E-state index in [-0.39, 0.29) is 0 Å². The van der Waals surface area contributed by atoms with Crippen molar-refractivity contribution in [1.29, 1.82) is 0 Å². The lowest BCUT2D eigenvalue weighted by Crippen LogP contribution is -2.36. The summed E-state index contributed by atoms with van der Waals surface area (Å²) in [6.07, 6.45) is 3.10. The Labute approximate surface area is 151 Å². The van der Waals surface area contributed by atoms with E-state index in [4.69, 9.17) is 0 Å². The van der Waals surface area contributed by atoms with Crippen molar-refractivity contribution in [2.24, 2.45) is 0 Å². The van der Waals surface area contributed by atoms with Crippen molar-refractivity contribution >= 4 is 22.4 Å². The van der Waals surface area contributed by atoms with Crippen LogP contribution < -0.4 is 0 Å². The summed E-state index contributed by atoms with van der Waals surface area (Å²) in [7, 11) is 0. The van der Waals surface area contributed by atoms with Crippen molar-refractivity contribution < 1.29 is 0 Å². The maximum absolute atomic E-state index is 4.55. The van der Waals surface area contributed by atoms with E-state index in [1.165, 1.54) is 21.5 Å². The Hall–Kier alpha value is -2.43. The molecule has 0 radical (unpaired) electrons. The molecule has 0 bridgehead atoms. The number of aromatic nitrogens is 2. The lowest BCUT2D eigenvalue weighted by molar-refractivity contribution is 0.169. The molecule has 0 amide bonds. The van der Waals surface area contributed by atoms with Crippen LogP contribution in [0.2, 0.25) is 0 Å². The first-order valence-corrected chi connectivity index (χ1v) is 9.53. The van der Waals surface area contributed by atoms with E-state index in [0.717, 1.165) is 25.2 Å². The number of hydrogen-bond donors (Lipinski definition) is 0. The number of benzene rings is 2. The van der Waals surface area contributed by atoms with Crippen LogP contribution >= 0.6 is 11.3 Å². The van der Waals surface area contributed by atoms with Crippen LogP contribution in [0.5, 0.6) is 0 Å². The van der Waals surface area contributed by atoms with Gasteiger partial charge in [-0.25, -0.2) is 4.98 Å². The molecule has 0 N–H and O–H groups in total. The Morgan fingerprint density at radius 3 is 2.76 bits per heavy atom. The molecule has 0 fully saturated rings. The highest BCUT2D eigenvalue weighted by Gasteiger charge is 2.29. The molecule has 124 valence electrons. The van der Waals surface area contributed by atoms with Crippen LogP contribution in [-0.4, -0.2) is 21.0 Å². The molecule has 1 unspecified atom stereocenters. The zero-order valence-electron chi connectivity index (χ0n) is 13.9. The number of fused-ring (bicyclic) bond motifs is 2. The normalized spacial score (nSPS) is 17.7. The fourth-order valence-corrected chi connectivity index (χ4v) is 4.77. The van der Waals surface area contributed by atoms with Gasteiger partial charge in [0.1, 0.15) is 0 Å². The molecule has 5 rings (SSSR count). The summed E-state index contributed by atoms with van der Waals surface area (Å²) in [5.41, 5.74) is 5.09. The van der Waals surface area contributed by atoms with Crippen LogP contribution in [0.3, 0.4) is 0 Å². The van der Waals surface area contributed by atoms with Crippen LogP contribution in [0.1, 0.15) is 22.0 Å². The SMILES string of the molecule is c1ccc(C2c3ccsc3CCN2Cn2cnc3ccccc32)cc1. The fraction of sp³-hybridized carbons (Fsp3) is 0.190. The van der Waals surface area contributed by atoms with Gasteiger partial charge in [0, 0.05) is 11.4 Å². The molecular weight excluding hydrogens is 326 g/mol. The number of imidazole rings is 1. The van der Waals surface area contributed by atoms with Gasteiger partial charge in [0.2, 0.25) is 0 Å². The van der Waals surface area contributed by atoms with Crippen molar-refractivity contribution in [2.75, 3.05) is 6.54 Å². The molecule has 1 aliphatic rings. The zero-order chi connectivity index (χ0) is 16.6. The van der Waals surface area contributed by atoms with Gasteiger partial charge in [-0.2, -0.15) is 0 Å². The third-order valence-electron chi connectivity index (χ3n) is 5.04. The van der Waals surface area contributed by atoms with E-state index in [1.54, 1.807) is 0 Å². The predicted octanol–water partition coefficient (Wildman–Crippen LogP) is 4.70. The predicted molar refractivity (Wildman–Crippen MR) is 103 cm³/mol. The maximum Gasteiger partial charge on any atom is 0.0969 e. The largest absolute Gasteiger partial charge is 0.317 e. The quantitative estimate of drug-likeness (QED) is 0.536. The summed E-state index contributed by atoms with van der Waals surface area (Å²) < 4.78 is 2.27. The third-order valence-corrected chi connectivity index (χ3v) is 6.04. The summed E-state index contributed by atoms with van der Waals surface area (Å²) in [6.45, 7) is 1.93. The van der Waals surface area contributed by atoms with E-state index in [9.17, 15) is 0 Å². The highest BCUT2D eigenvalue weighted by Crippen LogP contribution is 2.38. The molecule has 0 saturated carbocycles. The van der Waals surface area contributed by atoms with Gasteiger partial charge >= 0.3 is 0 Å². The Morgan fingerprint density at radius 1 is 1.00 bits per heavy atom. The van der Waals surface area contributed by atoms with Crippen LogP contribution in [-0.2, 0) is 13.1 Å². The van der Waals surface area contributed by atoms with E-state index in [1.807, 2.05) is 23.7 Å². The maximum atomic E-state index is 4.55. The lowest BCUT2D eigenvalue weighted by atomic mass is 9.94. The molecule has 2 aromatic heterocycles. The van der Waals surface area contributed by atoms with Gasteiger partial charge in [0.05, 0.1) is 30.1 Å². The van der Waals surface area contributed by atoms with Crippen LogP contribution in [0, 0.1) is 0 Å². The first-order valence-electron chi connectivity index (χ1n) is 8.65. The molecule has 0 aliphatic carbocycles. The molecule has 4 heteroatoms. The highest BCUT2D eigenvalue weighted by atomic mass is 32.1. The van der Waals surface area contributed by atoms with E-state index < -0.39 is 0 Å². The molecule has 3 nitrogen and oxygen atoms in total. The second-order valence-electron chi connectivity index (χ2n) is 6.52. The van der Waals surface area contributed by atoms with Crippen molar-refractivity contribution in [3.05, 3.63) is 88.4 Å². The summed E-state index contributed by atoms with van der Waals surface area (Å²) in [4.78, 5) is 8.65. The summed E-state index contributed by atoms with van der Waals surface area (Å²) in [5.74, 6) is 0. The first-order chi connectivity index (χ1) is 12.4. The summed E-state index contributed by atoms with van der Waals surface area (Å²) in [6, 6.07) is 21.8. The van der Waals surface area contributed by atoms with Gasteiger partial charge in [0.15, 0.2) is 0 Å². The van der Waals surface area contributed by atoms with Gasteiger partial charge in [-0.1, -0.05) is 42.5 Å². The molecule has 1 atom stereocenters. The van der Waals surface area contributed by atoms with Crippen LogP contribution in [0.4, 0.5) is 0 Å². The minimum Gasteiger partial charge on any atom is -0.317 e. The monoisotopic (exact) mass is 345 g/mol. The van der Waals surface area contributed by atoms with Crippen LogP contribution in [0.15, 0.2) is 72.4 Å². The average molecular weight is 345 g/mol. The lowest BCUT2D eigenvalue weighted by Gasteiger charge is -2.36. The Balaban J connectivity index is 1.55. The molecular formula is C21H19N3S. The Bertz CT molecular complexity index is 1000. The van der Waals surface area contributed by atoms with Gasteiger partial charge in [-0.05, 0) is 41.1 Å². The molecule has 4 aromatic rings. The van der Waals surface area contributed by atoms with Gasteiger partial charge in [-0.3, -0.25) is 4.90 Å². The number of thiophene rings is 1. The Kier molecular flexibility index (Phi) is 3.65. The fourth-order valence-electron chi connectivity index (χ4n) is 3.87. The van der Waals surface area contributed by atoms with Crippen molar-refractivity contribution in [2.45, 2.75) is 19.1 Å². The molecule has 3 heterocycles. The third kappa shape index (κ3) is 2.58. The molecule has 2 aromatic carbocycles. The zero-order valence-corrected chi connectivity index (χ0v) is 14.7. The van der Waals surface area contributed by atoms with Gasteiger partial charge in [-0.15, -0.1) is 11.3 Å². The molecule has 0 spiro atoms. The van der Waals surface area contributed by atoms with Crippen molar-refractivity contribution in [3.8, 4) is 0 Å². The van der Waals surface area contributed by atoms with Crippen molar-refractivity contribution in [3.63, 3.8) is 0 Å². The van der Waals surface area contributed by atoms with E-state index >= 15 is 0 Å². The molecule has 0 saturated heterocycles. The highest BCUT2D eigenvalue weighted by molar-refractivity contribution is 7.10. The smallest absolute Gasteiger partial charge is 0.0969 e. The number of para-hydroxylation sites is 2. The van der Waals surface area contributed by atoms with Gasteiger partial charge < -0.3 is 4.57 Å². The van der Waals surface area contributed by atoms with Gasteiger partial charge in [0.25, 0.3) is 0 Å². The second-order valence-corrected chi connectivity index (χ2v) is 7.52. The van der Waals surface area contributed by atoms with Crippen molar-refractivity contribution in [1.82, 2.24) is 14.5 Å². The van der Waals surface area contributed by atoms with E-state index in [0.29, 0.717) is 6.04 Å². The summed E-state index contributed by atoms with van der Waals surface area (Å²) >= 11 is 1.89. The molecule has 25 heavy (non-hydrogen) atoms.